The van der Waals surface area contributed by atoms with Crippen molar-refractivity contribution in [3.05, 3.63) is 71.2 Å². The number of hydrogen-bond donors (Lipinski definition) is 0. The monoisotopic (exact) mass is 422 g/mol. The number of para-hydroxylation sites is 1. The Morgan fingerprint density at radius 3 is 2.55 bits per heavy atom. The van der Waals surface area contributed by atoms with Crippen LogP contribution in [-0.4, -0.2) is 35.0 Å². The maximum Gasteiger partial charge on any atom is 0.305 e. The van der Waals surface area contributed by atoms with Gasteiger partial charge in [-0.25, -0.2) is 4.39 Å². The molecule has 1 aliphatic rings. The summed E-state index contributed by atoms with van der Waals surface area (Å²) in [5, 5.41) is 1.23. The lowest BCUT2D eigenvalue weighted by Gasteiger charge is -2.29. The third kappa shape index (κ3) is 4.63. The van der Waals surface area contributed by atoms with E-state index in [4.69, 9.17) is 0 Å². The molecule has 0 bridgehead atoms. The second-order valence-corrected chi connectivity index (χ2v) is 8.00. The van der Waals surface area contributed by atoms with Crippen molar-refractivity contribution in [1.29, 1.82) is 0 Å². The number of unbranched alkanes of at least 4 members (excludes halogenated alkanes) is 1. The number of amides is 1. The van der Waals surface area contributed by atoms with Gasteiger partial charge in [0.1, 0.15) is 5.82 Å². The summed E-state index contributed by atoms with van der Waals surface area (Å²) < 4.78 is 20.3. The van der Waals surface area contributed by atoms with E-state index in [9.17, 15) is 14.0 Å². The number of nitrogens with zero attached hydrogens (tertiary/aromatic N) is 2. The van der Waals surface area contributed by atoms with E-state index in [1.54, 1.807) is 0 Å². The highest BCUT2D eigenvalue weighted by molar-refractivity contribution is 5.86. The highest BCUT2D eigenvalue weighted by Crippen LogP contribution is 2.32. The van der Waals surface area contributed by atoms with Crippen molar-refractivity contribution in [3.63, 3.8) is 0 Å². The molecule has 6 heteroatoms. The molecule has 2 heterocycles. The predicted octanol–water partition coefficient (Wildman–Crippen LogP) is 4.45. The van der Waals surface area contributed by atoms with Gasteiger partial charge in [0.2, 0.25) is 5.91 Å². The molecule has 0 saturated heterocycles. The first kappa shape index (κ1) is 21.1. The van der Waals surface area contributed by atoms with Crippen LogP contribution in [0.15, 0.2) is 48.5 Å². The first-order chi connectivity index (χ1) is 15.1. The van der Waals surface area contributed by atoms with Crippen LogP contribution in [0.1, 0.15) is 42.5 Å². The third-order valence-corrected chi connectivity index (χ3v) is 6.02. The zero-order chi connectivity index (χ0) is 21.8. The average Bonchev–Trinajstić information content (AvgIpc) is 3.11. The summed E-state index contributed by atoms with van der Waals surface area (Å²) in [6, 6.07) is 14.9. The minimum Gasteiger partial charge on any atom is -0.469 e. The van der Waals surface area contributed by atoms with Crippen molar-refractivity contribution in [2.24, 2.45) is 0 Å². The Kier molecular flexibility index (Phi) is 6.35. The molecular formula is C25H27FN2O3. The number of rotatable bonds is 7. The first-order valence-corrected chi connectivity index (χ1v) is 10.7. The fourth-order valence-electron chi connectivity index (χ4n) is 4.37. The van der Waals surface area contributed by atoms with Crippen LogP contribution >= 0.6 is 0 Å². The van der Waals surface area contributed by atoms with Gasteiger partial charge >= 0.3 is 5.97 Å². The molecule has 31 heavy (non-hydrogen) atoms. The van der Waals surface area contributed by atoms with Gasteiger partial charge in [-0.2, -0.15) is 0 Å². The van der Waals surface area contributed by atoms with Gasteiger partial charge < -0.3 is 14.2 Å². The Labute approximate surface area is 181 Å². The SMILES string of the molecule is COC(=O)CCCCC(=O)N1CCc2c(n(Cc3ccc(F)cc3)c3ccccc23)C1. The number of halogens is 1. The Hall–Kier alpha value is -3.15. The summed E-state index contributed by atoms with van der Waals surface area (Å²) in [5.74, 6) is -0.360. The Morgan fingerprint density at radius 1 is 1.03 bits per heavy atom. The van der Waals surface area contributed by atoms with Gasteiger partial charge in [-0.15, -0.1) is 0 Å². The van der Waals surface area contributed by atoms with Gasteiger partial charge in [0.05, 0.1) is 13.7 Å². The second kappa shape index (κ2) is 9.33. The molecule has 0 aliphatic carbocycles. The first-order valence-electron chi connectivity index (χ1n) is 10.7. The molecule has 162 valence electrons. The van der Waals surface area contributed by atoms with E-state index in [1.807, 2.05) is 29.2 Å². The van der Waals surface area contributed by atoms with E-state index < -0.39 is 0 Å². The van der Waals surface area contributed by atoms with Crippen molar-refractivity contribution in [2.75, 3.05) is 13.7 Å². The van der Waals surface area contributed by atoms with E-state index in [1.165, 1.54) is 30.2 Å². The average molecular weight is 423 g/mol. The number of fused-ring (bicyclic) bond motifs is 3. The maximum atomic E-state index is 13.3. The molecule has 4 rings (SSSR count). The summed E-state index contributed by atoms with van der Waals surface area (Å²) in [6.07, 6.45) is 2.93. The highest BCUT2D eigenvalue weighted by Gasteiger charge is 2.26. The van der Waals surface area contributed by atoms with Gasteiger partial charge in [-0.05, 0) is 48.6 Å². The molecule has 0 fully saturated rings. The summed E-state index contributed by atoms with van der Waals surface area (Å²) in [5.41, 5.74) is 4.62. The summed E-state index contributed by atoms with van der Waals surface area (Å²) in [7, 11) is 1.38. The molecule has 0 N–H and O–H groups in total. The van der Waals surface area contributed by atoms with Crippen LogP contribution in [-0.2, 0) is 33.8 Å². The molecule has 0 saturated carbocycles. The molecule has 3 aromatic rings. The number of benzene rings is 2. The van der Waals surface area contributed by atoms with Crippen LogP contribution in [0.2, 0.25) is 0 Å². The lowest BCUT2D eigenvalue weighted by atomic mass is 10.0. The molecule has 0 unspecified atom stereocenters. The van der Waals surface area contributed by atoms with Crippen molar-refractivity contribution < 1.29 is 18.7 Å². The number of esters is 1. The minimum absolute atomic E-state index is 0.120. The quantitative estimate of drug-likeness (QED) is 0.418. The number of hydrogen-bond acceptors (Lipinski definition) is 3. The molecule has 0 spiro atoms. The minimum atomic E-state index is -0.243. The fraction of sp³-hybridized carbons (Fsp3) is 0.360. The molecule has 1 aromatic heterocycles. The maximum absolute atomic E-state index is 13.3. The zero-order valence-electron chi connectivity index (χ0n) is 17.8. The number of carbonyl (C=O) groups excluding carboxylic acids is 2. The third-order valence-electron chi connectivity index (χ3n) is 6.02. The van der Waals surface area contributed by atoms with Crippen LogP contribution in [0.25, 0.3) is 10.9 Å². The van der Waals surface area contributed by atoms with Crippen LogP contribution in [0.4, 0.5) is 4.39 Å². The largest absolute Gasteiger partial charge is 0.469 e. The summed E-state index contributed by atoms with van der Waals surface area (Å²) >= 11 is 0. The Morgan fingerprint density at radius 2 is 1.77 bits per heavy atom. The number of carbonyl (C=O) groups is 2. The van der Waals surface area contributed by atoms with Crippen molar-refractivity contribution in [1.82, 2.24) is 9.47 Å². The molecule has 1 aliphatic heterocycles. The predicted molar refractivity (Wildman–Crippen MR) is 117 cm³/mol. The summed E-state index contributed by atoms with van der Waals surface area (Å²) in [6.45, 7) is 1.91. The van der Waals surface area contributed by atoms with Crippen molar-refractivity contribution in [2.45, 2.75) is 45.2 Å². The standard InChI is InChI=1S/C25H27FN2O3/c1-31-25(30)9-5-4-8-24(29)27-15-14-21-20-6-2-3-7-22(20)28(23(21)17-27)16-18-10-12-19(26)13-11-18/h2-3,6-7,10-13H,4-5,8-9,14-17H2,1H3. The number of methoxy groups -OCH3 is 1. The van der Waals surface area contributed by atoms with Gasteiger partial charge in [-0.1, -0.05) is 30.3 Å². The topological polar surface area (TPSA) is 51.5 Å². The van der Waals surface area contributed by atoms with E-state index >= 15 is 0 Å². The molecule has 1 amide bonds. The second-order valence-electron chi connectivity index (χ2n) is 8.00. The van der Waals surface area contributed by atoms with Gasteiger partial charge in [-0.3, -0.25) is 9.59 Å². The highest BCUT2D eigenvalue weighted by atomic mass is 19.1. The van der Waals surface area contributed by atoms with E-state index in [-0.39, 0.29) is 17.7 Å². The van der Waals surface area contributed by atoms with Crippen molar-refractivity contribution in [3.8, 4) is 0 Å². The van der Waals surface area contributed by atoms with Crippen LogP contribution in [0.5, 0.6) is 0 Å². The number of aromatic nitrogens is 1. The van der Waals surface area contributed by atoms with E-state index in [0.717, 1.165) is 23.2 Å². The lowest BCUT2D eigenvalue weighted by molar-refractivity contribution is -0.141. The lowest BCUT2D eigenvalue weighted by Crippen LogP contribution is -2.36. The van der Waals surface area contributed by atoms with Gasteiger partial charge in [0, 0.05) is 42.5 Å². The van der Waals surface area contributed by atoms with Crippen LogP contribution < -0.4 is 0 Å². The summed E-state index contributed by atoms with van der Waals surface area (Å²) in [4.78, 5) is 26.0. The molecule has 5 nitrogen and oxygen atoms in total. The van der Waals surface area contributed by atoms with Crippen LogP contribution in [0, 0.1) is 5.82 Å². The molecule has 0 radical (unpaired) electrons. The molecule has 2 aromatic carbocycles. The van der Waals surface area contributed by atoms with E-state index in [2.05, 4.69) is 21.4 Å². The molecular weight excluding hydrogens is 395 g/mol. The number of ether oxygens (including phenoxy) is 1. The Balaban J connectivity index is 1.53. The fourth-order valence-corrected chi connectivity index (χ4v) is 4.37. The van der Waals surface area contributed by atoms with Gasteiger partial charge in [0.25, 0.3) is 0 Å². The Bertz CT molecular complexity index is 1090. The molecule has 0 atom stereocenters. The zero-order valence-corrected chi connectivity index (χ0v) is 17.8. The smallest absolute Gasteiger partial charge is 0.305 e. The van der Waals surface area contributed by atoms with Crippen LogP contribution in [0.3, 0.4) is 0 Å². The van der Waals surface area contributed by atoms with Gasteiger partial charge in [0.15, 0.2) is 0 Å². The van der Waals surface area contributed by atoms with Crippen molar-refractivity contribution >= 4 is 22.8 Å². The normalized spacial score (nSPS) is 13.3. The van der Waals surface area contributed by atoms with E-state index in [0.29, 0.717) is 45.3 Å².